The molecule has 1 N–H and O–H groups in total. The molecule has 1 aliphatic rings. The van der Waals surface area contributed by atoms with Gasteiger partial charge in [-0.05, 0) is 31.4 Å². The zero-order chi connectivity index (χ0) is 23.5. The number of urea groups is 1. The van der Waals surface area contributed by atoms with Gasteiger partial charge in [0, 0.05) is 19.1 Å². The highest BCUT2D eigenvalue weighted by Gasteiger charge is 2.35. The molecule has 1 saturated carbocycles. The van der Waals surface area contributed by atoms with Crippen molar-refractivity contribution in [2.45, 2.75) is 49.4 Å². The highest BCUT2D eigenvalue weighted by Crippen LogP contribution is 2.39. The number of hydrogen-bond acceptors (Lipinski definition) is 4. The van der Waals surface area contributed by atoms with Gasteiger partial charge >= 0.3 is 12.2 Å². The number of nitrogens with zero attached hydrogens (tertiary/aromatic N) is 3. The monoisotopic (exact) mass is 470 g/mol. The third kappa shape index (κ3) is 5.50. The number of sulfone groups is 1. The molecule has 0 atom stereocenters. The summed E-state index contributed by atoms with van der Waals surface area (Å²) in [5.41, 5.74) is -0.330. The van der Waals surface area contributed by atoms with E-state index in [4.69, 9.17) is 0 Å². The molecule has 0 saturated heterocycles. The van der Waals surface area contributed by atoms with Crippen LogP contribution in [0.15, 0.2) is 48.3 Å². The number of halogens is 3. The maximum atomic E-state index is 13.1. The summed E-state index contributed by atoms with van der Waals surface area (Å²) in [6.07, 6.45) is -0.0613. The Kier molecular flexibility index (Phi) is 6.97. The van der Waals surface area contributed by atoms with Gasteiger partial charge in [-0.25, -0.2) is 18.2 Å². The number of benzene rings is 1. The molecule has 0 unspecified atom stereocenters. The molecule has 0 radical (unpaired) electrons. The lowest BCUT2D eigenvalue weighted by Crippen LogP contribution is -2.39. The number of alkyl halides is 3. The zero-order valence-corrected chi connectivity index (χ0v) is 18.4. The van der Waals surface area contributed by atoms with Gasteiger partial charge in [0.2, 0.25) is 15.0 Å². The molecule has 1 aromatic heterocycles. The van der Waals surface area contributed by atoms with Crippen LogP contribution in [0.2, 0.25) is 0 Å². The van der Waals surface area contributed by atoms with Crippen LogP contribution >= 0.6 is 0 Å². The zero-order valence-electron chi connectivity index (χ0n) is 17.6. The van der Waals surface area contributed by atoms with Gasteiger partial charge in [0.05, 0.1) is 29.8 Å². The van der Waals surface area contributed by atoms with Crippen molar-refractivity contribution in [3.05, 3.63) is 59.9 Å². The minimum atomic E-state index is -4.56. The first kappa shape index (κ1) is 23.8. The summed E-state index contributed by atoms with van der Waals surface area (Å²) in [7, 11) is -4.02. The Bertz CT molecular complexity index is 1090. The smallest absolute Gasteiger partial charge is 0.338 e. The molecule has 174 valence electrons. The van der Waals surface area contributed by atoms with E-state index in [1.54, 1.807) is 17.6 Å². The Balaban J connectivity index is 1.91. The van der Waals surface area contributed by atoms with E-state index in [9.17, 15) is 26.4 Å². The van der Waals surface area contributed by atoms with Crippen molar-refractivity contribution in [3.63, 3.8) is 0 Å². The predicted molar refractivity (Wildman–Crippen MR) is 113 cm³/mol. The van der Waals surface area contributed by atoms with Crippen LogP contribution in [0.3, 0.4) is 0 Å². The van der Waals surface area contributed by atoms with Crippen molar-refractivity contribution in [1.82, 2.24) is 19.8 Å². The molecule has 11 heteroatoms. The summed E-state index contributed by atoms with van der Waals surface area (Å²) in [6.45, 7) is 6.26. The molecular weight excluding hydrogens is 445 g/mol. The topological polar surface area (TPSA) is 84.3 Å². The average molecular weight is 471 g/mol. The quantitative estimate of drug-likeness (QED) is 0.563. The van der Waals surface area contributed by atoms with E-state index in [2.05, 4.69) is 16.9 Å². The number of nitrogens with one attached hydrogen (secondary N) is 1. The van der Waals surface area contributed by atoms with Crippen LogP contribution in [0.25, 0.3) is 0 Å². The van der Waals surface area contributed by atoms with Gasteiger partial charge in [0.1, 0.15) is 0 Å². The third-order valence-electron chi connectivity index (χ3n) is 4.96. The van der Waals surface area contributed by atoms with Crippen LogP contribution in [0, 0.1) is 0 Å². The Hall–Kier alpha value is -2.82. The molecule has 1 aromatic carbocycles. The Morgan fingerprint density at radius 1 is 1.38 bits per heavy atom. The molecule has 2 aromatic rings. The standard InChI is InChI=1S/C21H25F3N4O3S/c1-3-10-27(19(29)25-4-2)13-18-12-26-20(28(18)17-8-9-17)32(30,31)14-15-6-5-7-16(11-15)21(22,23)24/h3,5-7,11-12,17H,1,4,8-10,13-14H2,2H3,(H,25,29). The number of carbonyl (C=O) groups is 1. The third-order valence-corrected chi connectivity index (χ3v) is 6.53. The summed E-state index contributed by atoms with van der Waals surface area (Å²) in [5.74, 6) is -0.604. The van der Waals surface area contributed by atoms with Crippen LogP contribution in [0.4, 0.5) is 18.0 Å². The highest BCUT2D eigenvalue weighted by molar-refractivity contribution is 7.90. The summed E-state index contributed by atoms with van der Waals surface area (Å²) >= 11 is 0. The van der Waals surface area contributed by atoms with E-state index in [-0.39, 0.29) is 35.9 Å². The van der Waals surface area contributed by atoms with Crippen molar-refractivity contribution >= 4 is 15.9 Å². The first-order chi connectivity index (χ1) is 15.1. The van der Waals surface area contributed by atoms with E-state index >= 15 is 0 Å². The van der Waals surface area contributed by atoms with Gasteiger partial charge in [-0.2, -0.15) is 13.2 Å². The number of aromatic nitrogens is 2. The summed E-state index contributed by atoms with van der Waals surface area (Å²) in [4.78, 5) is 17.9. The molecule has 1 heterocycles. The normalized spacial score (nSPS) is 14.2. The first-order valence-electron chi connectivity index (χ1n) is 10.2. The maximum absolute atomic E-state index is 13.1. The van der Waals surface area contributed by atoms with Gasteiger partial charge in [0.25, 0.3) is 0 Å². The molecule has 32 heavy (non-hydrogen) atoms. The number of amides is 2. The molecule has 0 bridgehead atoms. The van der Waals surface area contributed by atoms with E-state index in [1.165, 1.54) is 23.2 Å². The van der Waals surface area contributed by atoms with Gasteiger partial charge in [0.15, 0.2) is 0 Å². The van der Waals surface area contributed by atoms with E-state index in [1.807, 2.05) is 0 Å². The van der Waals surface area contributed by atoms with Crippen molar-refractivity contribution < 1.29 is 26.4 Å². The van der Waals surface area contributed by atoms with E-state index < -0.39 is 27.3 Å². The number of carbonyl (C=O) groups excluding carboxylic acids is 1. The van der Waals surface area contributed by atoms with Crippen molar-refractivity contribution in [2.75, 3.05) is 13.1 Å². The van der Waals surface area contributed by atoms with E-state index in [0.29, 0.717) is 12.2 Å². The Morgan fingerprint density at radius 3 is 2.69 bits per heavy atom. The highest BCUT2D eigenvalue weighted by atomic mass is 32.2. The number of rotatable bonds is 9. The lowest BCUT2D eigenvalue weighted by molar-refractivity contribution is -0.137. The molecule has 3 rings (SSSR count). The average Bonchev–Trinajstić information content (AvgIpc) is 3.46. The summed E-state index contributed by atoms with van der Waals surface area (Å²) < 4.78 is 66.8. The van der Waals surface area contributed by atoms with Crippen molar-refractivity contribution in [3.8, 4) is 0 Å². The molecular formula is C21H25F3N4O3S. The molecule has 2 amide bonds. The van der Waals surface area contributed by atoms with Crippen LogP contribution in [0.1, 0.15) is 42.6 Å². The fourth-order valence-corrected chi connectivity index (χ4v) is 4.93. The van der Waals surface area contributed by atoms with Crippen LogP contribution in [-0.2, 0) is 28.3 Å². The summed E-state index contributed by atoms with van der Waals surface area (Å²) in [6, 6.07) is 3.88. The summed E-state index contributed by atoms with van der Waals surface area (Å²) in [5, 5.41) is 2.51. The van der Waals surface area contributed by atoms with Crippen molar-refractivity contribution in [2.24, 2.45) is 0 Å². The Morgan fingerprint density at radius 2 is 2.09 bits per heavy atom. The Labute approximate surface area is 184 Å². The second kappa shape index (κ2) is 9.35. The first-order valence-corrected chi connectivity index (χ1v) is 11.8. The molecule has 7 nitrogen and oxygen atoms in total. The molecule has 1 aliphatic carbocycles. The number of imidazole rings is 1. The number of hydrogen-bond donors (Lipinski definition) is 1. The van der Waals surface area contributed by atoms with Crippen LogP contribution < -0.4 is 5.32 Å². The second-order valence-electron chi connectivity index (χ2n) is 7.60. The van der Waals surface area contributed by atoms with Crippen LogP contribution in [0.5, 0.6) is 0 Å². The molecule has 0 spiro atoms. The predicted octanol–water partition coefficient (Wildman–Crippen LogP) is 3.93. The fourth-order valence-electron chi connectivity index (χ4n) is 3.40. The van der Waals surface area contributed by atoms with Gasteiger partial charge in [-0.15, -0.1) is 6.58 Å². The molecule has 1 fully saturated rings. The van der Waals surface area contributed by atoms with Gasteiger partial charge in [-0.3, -0.25) is 0 Å². The lowest BCUT2D eigenvalue weighted by atomic mass is 10.1. The van der Waals surface area contributed by atoms with Crippen molar-refractivity contribution in [1.29, 1.82) is 0 Å². The molecule has 0 aliphatic heterocycles. The van der Waals surface area contributed by atoms with Gasteiger partial charge in [-0.1, -0.05) is 24.3 Å². The SMILES string of the molecule is C=CCN(Cc1cnc(S(=O)(=O)Cc2cccc(C(F)(F)F)c2)n1C1CC1)C(=O)NCC. The second-order valence-corrected chi connectivity index (χ2v) is 9.48. The fraction of sp³-hybridized carbons (Fsp3) is 0.429. The lowest BCUT2D eigenvalue weighted by Gasteiger charge is -2.22. The minimum absolute atomic E-state index is 0.0299. The minimum Gasteiger partial charge on any atom is -0.338 e. The van der Waals surface area contributed by atoms with Gasteiger partial charge < -0.3 is 14.8 Å². The maximum Gasteiger partial charge on any atom is 0.416 e. The van der Waals surface area contributed by atoms with E-state index in [0.717, 1.165) is 25.0 Å². The van der Waals surface area contributed by atoms with Crippen LogP contribution in [-0.4, -0.2) is 42.0 Å². The largest absolute Gasteiger partial charge is 0.416 e.